The molecule has 3 heteroatoms. The Kier molecular flexibility index (Phi) is 6.37. The molecule has 2 aromatic carbocycles. The van der Waals surface area contributed by atoms with Crippen LogP contribution in [-0.4, -0.2) is 20.2 Å². The van der Waals surface area contributed by atoms with Crippen molar-refractivity contribution in [3.05, 3.63) is 82.9 Å². The van der Waals surface area contributed by atoms with Crippen LogP contribution in [0.25, 0.3) is 0 Å². The highest BCUT2D eigenvalue weighted by atomic mass is 79.9. The Morgan fingerprint density at radius 2 is 1.55 bits per heavy atom. The summed E-state index contributed by atoms with van der Waals surface area (Å²) in [6, 6.07) is 20.8. The number of ether oxygens (including phenoxy) is 1. The van der Waals surface area contributed by atoms with Gasteiger partial charge in [-0.3, -0.25) is 0 Å². The highest BCUT2D eigenvalue weighted by Crippen LogP contribution is 2.36. The topological polar surface area (TPSA) is 21.3 Å². The van der Waals surface area contributed by atoms with E-state index in [-0.39, 0.29) is 0 Å². The average Bonchev–Trinajstić information content (AvgIpc) is 2.57. The molecule has 0 saturated carbocycles. The number of nitrogens with one attached hydrogen (secondary N) is 1. The van der Waals surface area contributed by atoms with Gasteiger partial charge in [-0.25, -0.2) is 0 Å². The molecule has 0 fully saturated rings. The largest absolute Gasteiger partial charge is 0.369 e. The predicted octanol–water partition coefficient (Wildman–Crippen LogP) is 4.46. The van der Waals surface area contributed by atoms with Gasteiger partial charge in [0.15, 0.2) is 0 Å². The molecule has 0 amide bonds. The number of hydrogen-bond acceptors (Lipinski definition) is 2. The van der Waals surface area contributed by atoms with Crippen molar-refractivity contribution in [2.24, 2.45) is 0 Å². The van der Waals surface area contributed by atoms with Gasteiger partial charge >= 0.3 is 0 Å². The van der Waals surface area contributed by atoms with Gasteiger partial charge in [0.2, 0.25) is 0 Å². The van der Waals surface area contributed by atoms with Crippen LogP contribution in [0.15, 0.2) is 71.7 Å². The molecular weight excluding hydrogens is 338 g/mol. The Morgan fingerprint density at radius 3 is 1.95 bits per heavy atom. The molecule has 116 valence electrons. The highest BCUT2D eigenvalue weighted by molar-refractivity contribution is 9.11. The number of hydrogen-bond donors (Lipinski definition) is 1. The first-order valence-electron chi connectivity index (χ1n) is 7.39. The average molecular weight is 360 g/mol. The first-order chi connectivity index (χ1) is 10.7. The van der Waals surface area contributed by atoms with Gasteiger partial charge < -0.3 is 10.1 Å². The van der Waals surface area contributed by atoms with Crippen LogP contribution >= 0.6 is 15.9 Å². The van der Waals surface area contributed by atoms with Gasteiger partial charge in [-0.05, 0) is 24.1 Å². The van der Waals surface area contributed by atoms with Crippen molar-refractivity contribution in [2.75, 3.05) is 20.2 Å². The summed E-state index contributed by atoms with van der Waals surface area (Å²) in [7, 11) is 1.78. The lowest BCUT2D eigenvalue weighted by Gasteiger charge is -2.34. The maximum absolute atomic E-state index is 6.04. The van der Waals surface area contributed by atoms with Crippen molar-refractivity contribution in [3.63, 3.8) is 0 Å². The molecule has 0 saturated heterocycles. The number of methoxy groups -OCH3 is 1. The van der Waals surface area contributed by atoms with Crippen LogP contribution in [0.4, 0.5) is 0 Å². The van der Waals surface area contributed by atoms with Crippen molar-refractivity contribution < 1.29 is 4.74 Å². The summed E-state index contributed by atoms with van der Waals surface area (Å²) in [5.41, 5.74) is 1.90. The van der Waals surface area contributed by atoms with E-state index in [1.807, 2.05) is 12.1 Å². The predicted molar refractivity (Wildman–Crippen MR) is 96.2 cm³/mol. The van der Waals surface area contributed by atoms with E-state index in [1.165, 1.54) is 11.1 Å². The van der Waals surface area contributed by atoms with Gasteiger partial charge in [0, 0.05) is 18.1 Å². The van der Waals surface area contributed by atoms with Crippen molar-refractivity contribution in [3.8, 4) is 0 Å². The van der Waals surface area contributed by atoms with E-state index in [0.29, 0.717) is 0 Å². The Labute approximate surface area is 141 Å². The lowest BCUT2D eigenvalue weighted by molar-refractivity contribution is 0.0149. The van der Waals surface area contributed by atoms with Crippen molar-refractivity contribution >= 4 is 15.9 Å². The first-order valence-corrected chi connectivity index (χ1v) is 8.18. The number of benzene rings is 2. The normalized spacial score (nSPS) is 11.4. The third-order valence-corrected chi connectivity index (χ3v) is 4.08. The van der Waals surface area contributed by atoms with Gasteiger partial charge in [-0.15, -0.1) is 0 Å². The Morgan fingerprint density at radius 1 is 1.05 bits per heavy atom. The zero-order chi connectivity index (χ0) is 15.8. The van der Waals surface area contributed by atoms with Gasteiger partial charge in [0.25, 0.3) is 0 Å². The van der Waals surface area contributed by atoms with E-state index in [4.69, 9.17) is 4.74 Å². The van der Waals surface area contributed by atoms with Crippen molar-refractivity contribution in [2.45, 2.75) is 12.0 Å². The van der Waals surface area contributed by atoms with Crippen LogP contribution in [0.3, 0.4) is 0 Å². The summed E-state index contributed by atoms with van der Waals surface area (Å²) >= 11 is 3.37. The minimum absolute atomic E-state index is 0.441. The van der Waals surface area contributed by atoms with E-state index in [1.54, 1.807) is 7.11 Å². The van der Waals surface area contributed by atoms with Crippen LogP contribution in [0.5, 0.6) is 0 Å². The van der Waals surface area contributed by atoms with E-state index in [2.05, 4.69) is 76.4 Å². The zero-order valence-electron chi connectivity index (χ0n) is 12.9. The Balaban J connectivity index is 2.29. The lowest BCUT2D eigenvalue weighted by Crippen LogP contribution is -2.34. The van der Waals surface area contributed by atoms with E-state index in [9.17, 15) is 0 Å². The summed E-state index contributed by atoms with van der Waals surface area (Å²) in [4.78, 5) is 0. The Bertz CT molecular complexity index is 543. The minimum atomic E-state index is -0.441. The molecule has 0 radical (unpaired) electrons. The van der Waals surface area contributed by atoms with Crippen LogP contribution in [0.1, 0.15) is 17.5 Å². The maximum Gasteiger partial charge on any atom is 0.119 e. The zero-order valence-corrected chi connectivity index (χ0v) is 14.5. The molecule has 1 N–H and O–H groups in total. The molecular formula is C19H22BrNO. The SMILES string of the molecule is C=C(Br)CNCCC(OC)(c1ccccc1)c1ccccc1. The molecule has 0 aliphatic carbocycles. The molecule has 2 rings (SSSR count). The van der Waals surface area contributed by atoms with Crippen LogP contribution in [0, 0.1) is 0 Å². The second kappa shape index (κ2) is 8.28. The summed E-state index contributed by atoms with van der Waals surface area (Å²) in [6.45, 7) is 5.44. The summed E-state index contributed by atoms with van der Waals surface area (Å²) in [5.74, 6) is 0. The molecule has 2 nitrogen and oxygen atoms in total. The summed E-state index contributed by atoms with van der Waals surface area (Å²) in [6.07, 6.45) is 0.845. The molecule has 0 aliphatic rings. The van der Waals surface area contributed by atoms with E-state index in [0.717, 1.165) is 24.0 Å². The summed E-state index contributed by atoms with van der Waals surface area (Å²) in [5, 5.41) is 3.39. The fourth-order valence-corrected chi connectivity index (χ4v) is 2.89. The van der Waals surface area contributed by atoms with Gasteiger partial charge in [0.1, 0.15) is 5.60 Å². The van der Waals surface area contributed by atoms with Crippen LogP contribution in [-0.2, 0) is 10.3 Å². The molecule has 0 spiro atoms. The third kappa shape index (κ3) is 4.07. The fraction of sp³-hybridized carbons (Fsp3) is 0.263. The molecule has 0 atom stereocenters. The molecule has 2 aromatic rings. The molecule has 0 aromatic heterocycles. The molecule has 22 heavy (non-hydrogen) atoms. The second-order valence-electron chi connectivity index (χ2n) is 5.21. The molecule has 0 bridgehead atoms. The van der Waals surface area contributed by atoms with Crippen molar-refractivity contribution in [1.29, 1.82) is 0 Å². The minimum Gasteiger partial charge on any atom is -0.369 e. The van der Waals surface area contributed by atoms with E-state index >= 15 is 0 Å². The van der Waals surface area contributed by atoms with Crippen LogP contribution in [0.2, 0.25) is 0 Å². The van der Waals surface area contributed by atoms with Crippen LogP contribution < -0.4 is 5.32 Å². The molecule has 0 aliphatic heterocycles. The van der Waals surface area contributed by atoms with Gasteiger partial charge in [-0.2, -0.15) is 0 Å². The highest BCUT2D eigenvalue weighted by Gasteiger charge is 2.33. The number of halogens is 1. The monoisotopic (exact) mass is 359 g/mol. The lowest BCUT2D eigenvalue weighted by atomic mass is 9.83. The second-order valence-corrected chi connectivity index (χ2v) is 6.33. The molecule has 0 unspecified atom stereocenters. The fourth-order valence-electron chi connectivity index (χ4n) is 2.70. The van der Waals surface area contributed by atoms with E-state index < -0.39 is 5.60 Å². The third-order valence-electron chi connectivity index (χ3n) is 3.80. The summed E-state index contributed by atoms with van der Waals surface area (Å²) < 4.78 is 7.00. The maximum atomic E-state index is 6.04. The smallest absolute Gasteiger partial charge is 0.119 e. The van der Waals surface area contributed by atoms with Crippen molar-refractivity contribution in [1.82, 2.24) is 5.32 Å². The first kappa shape index (κ1) is 16.9. The quantitative estimate of drug-likeness (QED) is 0.702. The number of rotatable bonds is 8. The molecule has 0 heterocycles. The van der Waals surface area contributed by atoms with Gasteiger partial charge in [0.05, 0.1) is 0 Å². The standard InChI is InChI=1S/C19H22BrNO/c1-16(20)15-21-14-13-19(22-2,17-9-5-3-6-10-17)18-11-7-4-8-12-18/h3-12,21H,1,13-15H2,2H3. The Hall–Kier alpha value is -1.42. The van der Waals surface area contributed by atoms with Gasteiger partial charge in [-0.1, -0.05) is 83.2 Å².